The lowest BCUT2D eigenvalue weighted by Crippen LogP contribution is -2.31. The molecule has 1 unspecified atom stereocenters. The number of thiophene rings is 1. The van der Waals surface area contributed by atoms with Crippen LogP contribution in [0, 0.1) is 12.8 Å². The van der Waals surface area contributed by atoms with Gasteiger partial charge in [0.1, 0.15) is 5.76 Å². The van der Waals surface area contributed by atoms with Gasteiger partial charge in [-0.3, -0.25) is 9.59 Å². The number of carboxylic acid groups (broad SMARTS) is 1. The molecule has 1 amide bonds. The zero-order valence-electron chi connectivity index (χ0n) is 12.1. The van der Waals surface area contributed by atoms with Gasteiger partial charge in [-0.25, -0.2) is 4.98 Å². The Kier molecular flexibility index (Phi) is 3.98. The van der Waals surface area contributed by atoms with E-state index in [0.717, 1.165) is 5.56 Å². The summed E-state index contributed by atoms with van der Waals surface area (Å²) in [5.41, 5.74) is 1.52. The van der Waals surface area contributed by atoms with Crippen molar-refractivity contribution in [3.63, 3.8) is 0 Å². The van der Waals surface area contributed by atoms with E-state index in [1.165, 1.54) is 0 Å². The van der Waals surface area contributed by atoms with Gasteiger partial charge in [0, 0.05) is 24.0 Å². The highest BCUT2D eigenvalue weighted by Gasteiger charge is 2.31. The van der Waals surface area contributed by atoms with Crippen LogP contribution in [-0.4, -0.2) is 40.0 Å². The van der Waals surface area contributed by atoms with Crippen LogP contribution in [0.2, 0.25) is 0 Å². The summed E-state index contributed by atoms with van der Waals surface area (Å²) in [6.07, 6.45) is 0.658. The number of hydrogen-bond donors (Lipinski definition) is 1. The van der Waals surface area contributed by atoms with Gasteiger partial charge in [-0.05, 0) is 24.8 Å². The first kappa shape index (κ1) is 14.8. The molecular weight excluding hydrogens is 304 g/mol. The van der Waals surface area contributed by atoms with Crippen molar-refractivity contribution in [2.75, 3.05) is 13.1 Å². The van der Waals surface area contributed by atoms with E-state index in [1.54, 1.807) is 23.2 Å². The largest absolute Gasteiger partial charge is 0.481 e. The van der Waals surface area contributed by atoms with Gasteiger partial charge in [0.15, 0.2) is 0 Å². The molecule has 1 fully saturated rings. The predicted octanol–water partition coefficient (Wildman–Crippen LogP) is 2.19. The van der Waals surface area contributed by atoms with Crippen LogP contribution in [0.15, 0.2) is 21.2 Å². The van der Waals surface area contributed by atoms with E-state index in [2.05, 4.69) is 4.98 Å². The third kappa shape index (κ3) is 2.89. The fourth-order valence-corrected chi connectivity index (χ4v) is 3.17. The van der Waals surface area contributed by atoms with Crippen LogP contribution >= 0.6 is 11.3 Å². The molecule has 3 rings (SSSR count). The lowest BCUT2D eigenvalue weighted by molar-refractivity contribution is -0.141. The first-order chi connectivity index (χ1) is 10.5. The molecule has 22 heavy (non-hydrogen) atoms. The van der Waals surface area contributed by atoms with Gasteiger partial charge in [0.05, 0.1) is 18.0 Å². The number of aromatic nitrogens is 1. The van der Waals surface area contributed by atoms with Crippen molar-refractivity contribution in [3.05, 3.63) is 28.3 Å². The number of carbonyl (C=O) groups is 2. The SMILES string of the molecule is Cc1oc(-c2ccsc2)nc1CC(=O)N1CCC(C(=O)O)C1. The molecule has 1 saturated heterocycles. The molecule has 6 nitrogen and oxygen atoms in total. The topological polar surface area (TPSA) is 83.6 Å². The Morgan fingerprint density at radius 1 is 1.55 bits per heavy atom. The van der Waals surface area contributed by atoms with Gasteiger partial charge in [0.2, 0.25) is 11.8 Å². The minimum atomic E-state index is -0.840. The highest BCUT2D eigenvalue weighted by atomic mass is 32.1. The molecule has 1 N–H and O–H groups in total. The lowest BCUT2D eigenvalue weighted by atomic mass is 10.1. The highest BCUT2D eigenvalue weighted by molar-refractivity contribution is 7.08. The van der Waals surface area contributed by atoms with Crippen LogP contribution in [0.1, 0.15) is 17.9 Å². The van der Waals surface area contributed by atoms with Crippen LogP contribution in [-0.2, 0) is 16.0 Å². The minimum absolute atomic E-state index is 0.1000. The number of rotatable bonds is 4. The zero-order chi connectivity index (χ0) is 15.7. The molecule has 1 atom stereocenters. The summed E-state index contributed by atoms with van der Waals surface area (Å²) in [6, 6.07) is 1.92. The maximum absolute atomic E-state index is 12.3. The second kappa shape index (κ2) is 5.92. The molecule has 2 aromatic heterocycles. The van der Waals surface area contributed by atoms with E-state index >= 15 is 0 Å². The van der Waals surface area contributed by atoms with Crippen LogP contribution in [0.3, 0.4) is 0 Å². The van der Waals surface area contributed by atoms with Crippen LogP contribution in [0.25, 0.3) is 11.5 Å². The number of carbonyl (C=O) groups excluding carboxylic acids is 1. The molecule has 0 spiro atoms. The van der Waals surface area contributed by atoms with Crippen LogP contribution < -0.4 is 0 Å². The molecule has 1 aliphatic heterocycles. The smallest absolute Gasteiger partial charge is 0.308 e. The predicted molar refractivity (Wildman–Crippen MR) is 80.6 cm³/mol. The van der Waals surface area contributed by atoms with Crippen molar-refractivity contribution in [2.24, 2.45) is 5.92 Å². The number of amides is 1. The van der Waals surface area contributed by atoms with Gasteiger partial charge in [-0.1, -0.05) is 0 Å². The molecule has 3 heterocycles. The van der Waals surface area contributed by atoms with Gasteiger partial charge in [-0.15, -0.1) is 0 Å². The summed E-state index contributed by atoms with van der Waals surface area (Å²) in [5.74, 6) is -0.247. The van der Waals surface area contributed by atoms with Crippen molar-refractivity contribution >= 4 is 23.2 Å². The van der Waals surface area contributed by atoms with Crippen molar-refractivity contribution in [3.8, 4) is 11.5 Å². The van der Waals surface area contributed by atoms with E-state index in [0.29, 0.717) is 30.3 Å². The lowest BCUT2D eigenvalue weighted by Gasteiger charge is -2.14. The van der Waals surface area contributed by atoms with Gasteiger partial charge >= 0.3 is 5.97 Å². The number of hydrogen-bond acceptors (Lipinski definition) is 5. The number of aliphatic carboxylic acids is 1. The Morgan fingerprint density at radius 2 is 2.36 bits per heavy atom. The molecule has 2 aromatic rings. The first-order valence-corrected chi connectivity index (χ1v) is 7.98. The van der Waals surface area contributed by atoms with Crippen molar-refractivity contribution in [2.45, 2.75) is 19.8 Å². The third-order valence-corrected chi connectivity index (χ3v) is 4.55. The monoisotopic (exact) mass is 320 g/mol. The van der Waals surface area contributed by atoms with E-state index < -0.39 is 11.9 Å². The second-order valence-electron chi connectivity index (χ2n) is 5.37. The van der Waals surface area contributed by atoms with Gasteiger partial charge in [0.25, 0.3) is 0 Å². The Balaban J connectivity index is 1.69. The quantitative estimate of drug-likeness (QED) is 0.933. The van der Waals surface area contributed by atoms with Crippen LogP contribution in [0.5, 0.6) is 0 Å². The normalized spacial score (nSPS) is 17.9. The van der Waals surface area contributed by atoms with E-state index in [1.807, 2.05) is 16.8 Å². The Labute approximate surface area is 131 Å². The highest BCUT2D eigenvalue weighted by Crippen LogP contribution is 2.25. The molecule has 0 aliphatic carbocycles. The number of carboxylic acids is 1. The molecule has 0 bridgehead atoms. The number of nitrogens with zero attached hydrogens (tertiary/aromatic N) is 2. The fraction of sp³-hybridized carbons (Fsp3) is 0.400. The van der Waals surface area contributed by atoms with Crippen molar-refractivity contribution in [1.82, 2.24) is 9.88 Å². The molecule has 7 heteroatoms. The van der Waals surface area contributed by atoms with Gasteiger partial charge < -0.3 is 14.4 Å². The summed E-state index contributed by atoms with van der Waals surface area (Å²) in [7, 11) is 0. The van der Waals surface area contributed by atoms with Crippen molar-refractivity contribution in [1.29, 1.82) is 0 Å². The molecule has 1 aliphatic rings. The minimum Gasteiger partial charge on any atom is -0.481 e. The number of oxazole rings is 1. The summed E-state index contributed by atoms with van der Waals surface area (Å²) >= 11 is 1.56. The van der Waals surface area contributed by atoms with E-state index in [-0.39, 0.29) is 18.9 Å². The number of likely N-dealkylation sites (tertiary alicyclic amines) is 1. The average molecular weight is 320 g/mol. The number of aryl methyl sites for hydroxylation is 1. The summed E-state index contributed by atoms with van der Waals surface area (Å²) < 4.78 is 5.61. The Hall–Kier alpha value is -2.15. The average Bonchev–Trinajstić information content (AvgIpc) is 3.18. The van der Waals surface area contributed by atoms with E-state index in [9.17, 15) is 9.59 Å². The molecule has 0 saturated carbocycles. The molecular formula is C15H16N2O4S. The van der Waals surface area contributed by atoms with Gasteiger partial charge in [-0.2, -0.15) is 11.3 Å². The molecule has 116 valence electrons. The summed E-state index contributed by atoms with van der Waals surface area (Å²) in [5, 5.41) is 12.9. The summed E-state index contributed by atoms with van der Waals surface area (Å²) in [4.78, 5) is 29.2. The Morgan fingerprint density at radius 3 is 3.00 bits per heavy atom. The Bertz CT molecular complexity index is 692. The van der Waals surface area contributed by atoms with Crippen molar-refractivity contribution < 1.29 is 19.1 Å². The second-order valence-corrected chi connectivity index (χ2v) is 6.15. The maximum Gasteiger partial charge on any atom is 0.308 e. The third-order valence-electron chi connectivity index (χ3n) is 3.87. The van der Waals surface area contributed by atoms with Crippen LogP contribution in [0.4, 0.5) is 0 Å². The standard InChI is InChI=1S/C15H16N2O4S/c1-9-12(16-14(21-9)11-3-5-22-8-11)6-13(18)17-4-2-10(7-17)15(19)20/h3,5,8,10H,2,4,6-7H2,1H3,(H,19,20). The molecule has 0 aromatic carbocycles. The maximum atomic E-state index is 12.3. The summed E-state index contributed by atoms with van der Waals surface area (Å²) in [6.45, 7) is 2.56. The first-order valence-electron chi connectivity index (χ1n) is 7.04. The zero-order valence-corrected chi connectivity index (χ0v) is 12.9. The van der Waals surface area contributed by atoms with E-state index in [4.69, 9.17) is 9.52 Å². The molecule has 0 radical (unpaired) electrons. The fourth-order valence-electron chi connectivity index (χ4n) is 2.55.